The minimum absolute atomic E-state index is 0.836. The highest BCUT2D eigenvalue weighted by atomic mass is 32.2. The van der Waals surface area contributed by atoms with Crippen molar-refractivity contribution in [2.24, 2.45) is 0 Å². The number of thioether (sulfide) groups is 1. The van der Waals surface area contributed by atoms with Gasteiger partial charge in [0.2, 0.25) is 0 Å². The maximum absolute atomic E-state index is 4.21. The number of fused-ring (bicyclic) bond motifs is 1. The van der Waals surface area contributed by atoms with Crippen LogP contribution in [0.2, 0.25) is 0 Å². The zero-order valence-corrected chi connectivity index (χ0v) is 7.67. The molecule has 0 atom stereocenters. The molecule has 4 nitrogen and oxygen atoms in total. The molecular weight excluding hydrogens is 172 g/mol. The molecular formula is C7H8N4S. The van der Waals surface area contributed by atoms with Crippen molar-refractivity contribution in [2.75, 3.05) is 6.26 Å². The molecule has 0 aromatic carbocycles. The van der Waals surface area contributed by atoms with Crippen molar-refractivity contribution in [1.82, 2.24) is 19.6 Å². The smallest absolute Gasteiger partial charge is 0.186 e. The average molecular weight is 180 g/mol. The molecule has 0 N–H and O–H groups in total. The fourth-order valence-corrected chi connectivity index (χ4v) is 1.53. The monoisotopic (exact) mass is 180 g/mol. The molecule has 0 spiro atoms. The molecule has 0 aliphatic heterocycles. The Hall–Kier alpha value is -1.10. The average Bonchev–Trinajstić information content (AvgIpc) is 2.48. The largest absolute Gasteiger partial charge is 0.233 e. The second kappa shape index (κ2) is 2.75. The number of hydrogen-bond acceptors (Lipinski definition) is 4. The van der Waals surface area contributed by atoms with E-state index in [1.165, 1.54) is 0 Å². The first-order valence-corrected chi connectivity index (χ1v) is 4.74. The van der Waals surface area contributed by atoms with Crippen LogP contribution in [0.5, 0.6) is 0 Å². The summed E-state index contributed by atoms with van der Waals surface area (Å²) < 4.78 is 1.79. The second-order valence-electron chi connectivity index (χ2n) is 2.40. The third-order valence-corrected chi connectivity index (χ3v) is 2.31. The van der Waals surface area contributed by atoms with Gasteiger partial charge < -0.3 is 0 Å². The molecule has 12 heavy (non-hydrogen) atoms. The van der Waals surface area contributed by atoms with Crippen molar-refractivity contribution in [3.8, 4) is 0 Å². The van der Waals surface area contributed by atoms with Gasteiger partial charge in [0.25, 0.3) is 0 Å². The molecule has 2 heterocycles. The minimum Gasteiger partial charge on any atom is -0.233 e. The SMILES string of the molecule is CSc1ncnn2c(C)cnc12. The van der Waals surface area contributed by atoms with Crippen LogP contribution in [0, 0.1) is 6.92 Å². The van der Waals surface area contributed by atoms with Crippen molar-refractivity contribution in [3.05, 3.63) is 18.2 Å². The van der Waals surface area contributed by atoms with Crippen molar-refractivity contribution in [3.63, 3.8) is 0 Å². The maximum Gasteiger partial charge on any atom is 0.186 e. The first kappa shape index (κ1) is 7.54. The van der Waals surface area contributed by atoms with Gasteiger partial charge in [0.1, 0.15) is 11.4 Å². The molecule has 0 bridgehead atoms. The predicted molar refractivity (Wildman–Crippen MR) is 47.3 cm³/mol. The van der Waals surface area contributed by atoms with Crippen LogP contribution in [0.15, 0.2) is 17.6 Å². The highest BCUT2D eigenvalue weighted by Gasteiger charge is 2.04. The van der Waals surface area contributed by atoms with Gasteiger partial charge in [-0.15, -0.1) is 11.8 Å². The minimum atomic E-state index is 0.836. The fraction of sp³-hybridized carbons (Fsp3) is 0.286. The Labute approximate surface area is 74.0 Å². The number of rotatable bonds is 1. The highest BCUT2D eigenvalue weighted by molar-refractivity contribution is 7.98. The Bertz CT molecular complexity index is 409. The van der Waals surface area contributed by atoms with E-state index >= 15 is 0 Å². The lowest BCUT2D eigenvalue weighted by Crippen LogP contribution is -1.96. The van der Waals surface area contributed by atoms with Crippen LogP contribution in [0.3, 0.4) is 0 Å². The summed E-state index contributed by atoms with van der Waals surface area (Å²) in [5.41, 5.74) is 1.87. The second-order valence-corrected chi connectivity index (χ2v) is 3.20. The van der Waals surface area contributed by atoms with Crippen LogP contribution in [0.25, 0.3) is 5.65 Å². The summed E-state index contributed by atoms with van der Waals surface area (Å²) in [5, 5.41) is 4.99. The van der Waals surface area contributed by atoms with E-state index in [2.05, 4.69) is 15.1 Å². The van der Waals surface area contributed by atoms with E-state index in [0.717, 1.165) is 16.4 Å². The molecule has 0 saturated heterocycles. The van der Waals surface area contributed by atoms with E-state index in [1.807, 2.05) is 13.2 Å². The Balaban J connectivity index is 2.81. The quantitative estimate of drug-likeness (QED) is 0.617. The van der Waals surface area contributed by atoms with Gasteiger partial charge in [-0.2, -0.15) is 5.10 Å². The molecule has 5 heteroatoms. The number of aromatic nitrogens is 4. The van der Waals surface area contributed by atoms with Gasteiger partial charge in [-0.3, -0.25) is 0 Å². The van der Waals surface area contributed by atoms with Crippen LogP contribution in [-0.4, -0.2) is 25.8 Å². The van der Waals surface area contributed by atoms with Gasteiger partial charge in [-0.1, -0.05) is 0 Å². The van der Waals surface area contributed by atoms with Crippen molar-refractivity contribution < 1.29 is 0 Å². The Morgan fingerprint density at radius 2 is 2.25 bits per heavy atom. The number of hydrogen-bond donors (Lipinski definition) is 0. The lowest BCUT2D eigenvalue weighted by molar-refractivity contribution is 0.835. The van der Waals surface area contributed by atoms with Gasteiger partial charge in [0, 0.05) is 0 Å². The predicted octanol–water partition coefficient (Wildman–Crippen LogP) is 1.15. The Morgan fingerprint density at radius 3 is 3.00 bits per heavy atom. The maximum atomic E-state index is 4.21. The van der Waals surface area contributed by atoms with Crippen LogP contribution in [-0.2, 0) is 0 Å². The summed E-state index contributed by atoms with van der Waals surface area (Å²) in [4.78, 5) is 8.31. The Kier molecular flexibility index (Phi) is 1.73. The van der Waals surface area contributed by atoms with E-state index in [9.17, 15) is 0 Å². The van der Waals surface area contributed by atoms with Crippen LogP contribution >= 0.6 is 11.8 Å². The summed E-state index contributed by atoms with van der Waals surface area (Å²) >= 11 is 1.58. The molecule has 0 radical (unpaired) electrons. The number of nitrogens with zero attached hydrogens (tertiary/aromatic N) is 4. The third kappa shape index (κ3) is 0.972. The van der Waals surface area contributed by atoms with E-state index in [0.29, 0.717) is 0 Å². The lowest BCUT2D eigenvalue weighted by Gasteiger charge is -1.97. The number of aryl methyl sites for hydroxylation is 1. The molecule has 0 aliphatic carbocycles. The van der Waals surface area contributed by atoms with Gasteiger partial charge in [0.05, 0.1) is 11.9 Å². The molecule has 2 aromatic rings. The van der Waals surface area contributed by atoms with Gasteiger partial charge in [-0.25, -0.2) is 14.5 Å². The molecule has 2 aromatic heterocycles. The van der Waals surface area contributed by atoms with Gasteiger partial charge in [0.15, 0.2) is 5.65 Å². The van der Waals surface area contributed by atoms with Crippen molar-refractivity contribution in [1.29, 1.82) is 0 Å². The molecule has 0 amide bonds. The highest BCUT2D eigenvalue weighted by Crippen LogP contribution is 2.16. The normalized spacial score (nSPS) is 10.8. The van der Waals surface area contributed by atoms with Crippen LogP contribution in [0.4, 0.5) is 0 Å². The van der Waals surface area contributed by atoms with E-state index in [-0.39, 0.29) is 0 Å². The summed E-state index contributed by atoms with van der Waals surface area (Å²) in [6.45, 7) is 1.97. The van der Waals surface area contributed by atoms with Gasteiger partial charge >= 0.3 is 0 Å². The van der Waals surface area contributed by atoms with Crippen molar-refractivity contribution >= 4 is 17.4 Å². The van der Waals surface area contributed by atoms with Gasteiger partial charge in [-0.05, 0) is 13.2 Å². The first-order valence-electron chi connectivity index (χ1n) is 3.52. The molecule has 2 rings (SSSR count). The standard InChI is InChI=1S/C7H8N4S/c1-5-3-8-6-7(12-2)9-4-10-11(5)6/h3-4H,1-2H3. The Morgan fingerprint density at radius 1 is 1.42 bits per heavy atom. The zero-order valence-electron chi connectivity index (χ0n) is 6.85. The molecule has 0 aliphatic rings. The summed E-state index contributed by atoms with van der Waals surface area (Å²) in [6.07, 6.45) is 5.32. The molecule has 0 saturated carbocycles. The summed E-state index contributed by atoms with van der Waals surface area (Å²) in [5.74, 6) is 0. The first-order chi connectivity index (χ1) is 5.83. The van der Waals surface area contributed by atoms with E-state index in [4.69, 9.17) is 0 Å². The van der Waals surface area contributed by atoms with Crippen LogP contribution in [0.1, 0.15) is 5.69 Å². The van der Waals surface area contributed by atoms with Crippen LogP contribution < -0.4 is 0 Å². The summed E-state index contributed by atoms with van der Waals surface area (Å²) in [6, 6.07) is 0. The topological polar surface area (TPSA) is 43.1 Å². The molecule has 62 valence electrons. The van der Waals surface area contributed by atoms with E-state index < -0.39 is 0 Å². The fourth-order valence-electron chi connectivity index (χ4n) is 1.05. The zero-order chi connectivity index (χ0) is 8.55. The van der Waals surface area contributed by atoms with E-state index in [1.54, 1.807) is 28.8 Å². The van der Waals surface area contributed by atoms with Crippen molar-refractivity contribution in [2.45, 2.75) is 11.9 Å². The molecule has 0 fully saturated rings. The lowest BCUT2D eigenvalue weighted by atomic mass is 10.6. The molecule has 0 unspecified atom stereocenters. The third-order valence-electron chi connectivity index (χ3n) is 1.64. The number of imidazole rings is 1. The summed E-state index contributed by atoms with van der Waals surface area (Å²) in [7, 11) is 0.